The van der Waals surface area contributed by atoms with Gasteiger partial charge in [-0.25, -0.2) is 9.97 Å². The highest BCUT2D eigenvalue weighted by molar-refractivity contribution is 5.80. The van der Waals surface area contributed by atoms with E-state index in [-0.39, 0.29) is 0 Å². The van der Waals surface area contributed by atoms with Crippen molar-refractivity contribution in [2.45, 2.75) is 6.92 Å². The molecule has 6 heteroatoms. The van der Waals surface area contributed by atoms with Gasteiger partial charge in [0.2, 0.25) is 5.95 Å². The average molecular weight is 329 g/mol. The SMILES string of the molecule is Cc1cc(-c2ccc(-c3nc4ccc(C#N)cc4[nH]3)cn2)cnc1F. The number of halogens is 1. The molecular formula is C19H12FN5. The van der Waals surface area contributed by atoms with Gasteiger partial charge in [-0.2, -0.15) is 9.65 Å². The zero-order valence-electron chi connectivity index (χ0n) is 13.3. The Bertz CT molecular complexity index is 1120. The molecule has 120 valence electrons. The first-order valence-electron chi connectivity index (χ1n) is 7.63. The third-order valence-corrected chi connectivity index (χ3v) is 3.96. The summed E-state index contributed by atoms with van der Waals surface area (Å²) >= 11 is 0. The number of nitrogens with one attached hydrogen (secondary N) is 1. The molecular weight excluding hydrogens is 317 g/mol. The number of pyridine rings is 2. The standard InChI is InChI=1S/C19H12FN5/c1-11-6-14(10-23-18(11)20)15-5-3-13(9-22-15)19-24-16-4-2-12(8-21)7-17(16)25-19/h2-7,9-10H,1H3,(H,24,25). The molecule has 0 amide bonds. The van der Waals surface area contributed by atoms with Crippen molar-refractivity contribution in [3.63, 3.8) is 0 Å². The van der Waals surface area contributed by atoms with Gasteiger partial charge in [-0.15, -0.1) is 0 Å². The molecule has 1 aromatic carbocycles. The Labute approximate surface area is 142 Å². The Kier molecular flexibility index (Phi) is 3.47. The second-order valence-electron chi connectivity index (χ2n) is 5.69. The molecule has 4 rings (SSSR count). The molecule has 3 heterocycles. The number of fused-ring (bicyclic) bond motifs is 1. The lowest BCUT2D eigenvalue weighted by molar-refractivity contribution is 0.575. The second-order valence-corrected chi connectivity index (χ2v) is 5.69. The zero-order valence-corrected chi connectivity index (χ0v) is 13.3. The van der Waals surface area contributed by atoms with Gasteiger partial charge in [-0.05, 0) is 43.3 Å². The summed E-state index contributed by atoms with van der Waals surface area (Å²) in [4.78, 5) is 15.9. The second kappa shape index (κ2) is 5.80. The molecule has 0 saturated heterocycles. The normalized spacial score (nSPS) is 10.8. The van der Waals surface area contributed by atoms with Crippen LogP contribution in [0.25, 0.3) is 33.7 Å². The summed E-state index contributed by atoms with van der Waals surface area (Å²) in [7, 11) is 0. The van der Waals surface area contributed by atoms with Crippen LogP contribution in [0.3, 0.4) is 0 Å². The molecule has 0 aliphatic carbocycles. The molecule has 0 radical (unpaired) electrons. The quantitative estimate of drug-likeness (QED) is 0.564. The van der Waals surface area contributed by atoms with Crippen LogP contribution < -0.4 is 0 Å². The van der Waals surface area contributed by atoms with Gasteiger partial charge in [-0.1, -0.05) is 0 Å². The Morgan fingerprint density at radius 1 is 1.04 bits per heavy atom. The van der Waals surface area contributed by atoms with E-state index in [1.165, 1.54) is 6.20 Å². The highest BCUT2D eigenvalue weighted by Crippen LogP contribution is 2.24. The molecule has 25 heavy (non-hydrogen) atoms. The van der Waals surface area contributed by atoms with Crippen LogP contribution in [0, 0.1) is 24.2 Å². The monoisotopic (exact) mass is 329 g/mol. The molecule has 0 fully saturated rings. The minimum atomic E-state index is -0.473. The molecule has 0 saturated carbocycles. The van der Waals surface area contributed by atoms with E-state index in [0.717, 1.165) is 22.2 Å². The largest absolute Gasteiger partial charge is 0.338 e. The molecule has 0 atom stereocenters. The van der Waals surface area contributed by atoms with Gasteiger partial charge in [-0.3, -0.25) is 4.98 Å². The minimum absolute atomic E-state index is 0.473. The highest BCUT2D eigenvalue weighted by atomic mass is 19.1. The Morgan fingerprint density at radius 2 is 1.88 bits per heavy atom. The Morgan fingerprint density at radius 3 is 2.60 bits per heavy atom. The van der Waals surface area contributed by atoms with Crippen molar-refractivity contribution in [1.29, 1.82) is 5.26 Å². The van der Waals surface area contributed by atoms with Crippen LogP contribution in [-0.4, -0.2) is 19.9 Å². The van der Waals surface area contributed by atoms with Crippen molar-refractivity contribution in [3.8, 4) is 28.7 Å². The molecule has 0 aliphatic rings. The fraction of sp³-hybridized carbons (Fsp3) is 0.0526. The fourth-order valence-corrected chi connectivity index (χ4v) is 2.62. The molecule has 0 unspecified atom stereocenters. The average Bonchev–Trinajstić information content (AvgIpc) is 3.07. The maximum absolute atomic E-state index is 13.3. The maximum Gasteiger partial charge on any atom is 0.215 e. The van der Waals surface area contributed by atoms with E-state index in [4.69, 9.17) is 5.26 Å². The summed E-state index contributed by atoms with van der Waals surface area (Å²) in [6.07, 6.45) is 3.17. The predicted octanol–water partition coefficient (Wildman–Crippen LogP) is 4.01. The summed E-state index contributed by atoms with van der Waals surface area (Å²) in [5, 5.41) is 8.97. The molecule has 5 nitrogen and oxygen atoms in total. The van der Waals surface area contributed by atoms with Crippen LogP contribution in [0.15, 0.2) is 48.8 Å². The predicted molar refractivity (Wildman–Crippen MR) is 92.0 cm³/mol. The Hall–Kier alpha value is -3.59. The fourth-order valence-electron chi connectivity index (χ4n) is 2.62. The summed E-state index contributed by atoms with van der Waals surface area (Å²) in [5.41, 5.74) is 4.94. The smallest absolute Gasteiger partial charge is 0.215 e. The number of rotatable bonds is 2. The van der Waals surface area contributed by atoms with Gasteiger partial charge in [0.25, 0.3) is 0 Å². The third kappa shape index (κ3) is 2.72. The number of aromatic nitrogens is 4. The molecule has 0 spiro atoms. The van der Waals surface area contributed by atoms with Gasteiger partial charge in [0, 0.05) is 29.1 Å². The topological polar surface area (TPSA) is 78.2 Å². The molecule has 1 N–H and O–H groups in total. The first kappa shape index (κ1) is 15.0. The van der Waals surface area contributed by atoms with Gasteiger partial charge in [0.1, 0.15) is 5.82 Å². The van der Waals surface area contributed by atoms with Crippen molar-refractivity contribution < 1.29 is 4.39 Å². The maximum atomic E-state index is 13.3. The highest BCUT2D eigenvalue weighted by Gasteiger charge is 2.08. The lowest BCUT2D eigenvalue weighted by Crippen LogP contribution is -1.91. The van der Waals surface area contributed by atoms with Crippen LogP contribution in [0.1, 0.15) is 11.1 Å². The number of aromatic amines is 1. The lowest BCUT2D eigenvalue weighted by Gasteiger charge is -2.03. The van der Waals surface area contributed by atoms with Crippen LogP contribution >= 0.6 is 0 Å². The number of hydrogen-bond acceptors (Lipinski definition) is 4. The van der Waals surface area contributed by atoms with E-state index < -0.39 is 5.95 Å². The Balaban J connectivity index is 1.70. The van der Waals surface area contributed by atoms with Gasteiger partial charge in [0.15, 0.2) is 0 Å². The number of nitriles is 1. The summed E-state index contributed by atoms with van der Waals surface area (Å²) < 4.78 is 13.3. The summed E-state index contributed by atoms with van der Waals surface area (Å²) in [6, 6.07) is 12.9. The van der Waals surface area contributed by atoms with Gasteiger partial charge >= 0.3 is 0 Å². The number of H-pyrrole nitrogens is 1. The lowest BCUT2D eigenvalue weighted by atomic mass is 10.1. The van der Waals surface area contributed by atoms with Crippen LogP contribution in [0.2, 0.25) is 0 Å². The van der Waals surface area contributed by atoms with E-state index in [9.17, 15) is 4.39 Å². The first-order chi connectivity index (χ1) is 12.1. The number of hydrogen-bond donors (Lipinski definition) is 1. The van der Waals surface area contributed by atoms with Crippen LogP contribution in [-0.2, 0) is 0 Å². The summed E-state index contributed by atoms with van der Waals surface area (Å²) in [5.74, 6) is 0.205. The van der Waals surface area contributed by atoms with E-state index in [2.05, 4.69) is 26.0 Å². The van der Waals surface area contributed by atoms with E-state index >= 15 is 0 Å². The van der Waals surface area contributed by atoms with Crippen molar-refractivity contribution in [3.05, 3.63) is 65.9 Å². The van der Waals surface area contributed by atoms with Crippen molar-refractivity contribution in [2.75, 3.05) is 0 Å². The van der Waals surface area contributed by atoms with E-state index in [0.29, 0.717) is 22.6 Å². The van der Waals surface area contributed by atoms with Crippen molar-refractivity contribution in [1.82, 2.24) is 19.9 Å². The van der Waals surface area contributed by atoms with Gasteiger partial charge < -0.3 is 4.98 Å². The van der Waals surface area contributed by atoms with Crippen LogP contribution in [0.5, 0.6) is 0 Å². The first-order valence-corrected chi connectivity index (χ1v) is 7.63. The molecule has 4 aromatic rings. The van der Waals surface area contributed by atoms with Crippen molar-refractivity contribution in [2.24, 2.45) is 0 Å². The van der Waals surface area contributed by atoms with Crippen molar-refractivity contribution >= 4 is 11.0 Å². The molecule has 3 aromatic heterocycles. The number of nitrogens with zero attached hydrogens (tertiary/aromatic N) is 4. The zero-order chi connectivity index (χ0) is 17.4. The van der Waals surface area contributed by atoms with E-state index in [1.54, 1.807) is 31.3 Å². The molecule has 0 bridgehead atoms. The number of aryl methyl sites for hydroxylation is 1. The summed E-state index contributed by atoms with van der Waals surface area (Å²) in [6.45, 7) is 1.67. The van der Waals surface area contributed by atoms with E-state index in [1.807, 2.05) is 18.2 Å². The number of imidazole rings is 1. The minimum Gasteiger partial charge on any atom is -0.338 e. The van der Waals surface area contributed by atoms with Crippen LogP contribution in [0.4, 0.5) is 4.39 Å². The third-order valence-electron chi connectivity index (χ3n) is 3.96. The molecule has 0 aliphatic heterocycles. The van der Waals surface area contributed by atoms with Gasteiger partial charge in [0.05, 0.1) is 28.4 Å². The number of benzene rings is 1.